The molecule has 0 fully saturated rings. The van der Waals surface area contributed by atoms with Crippen molar-refractivity contribution >= 4 is 45.8 Å². The zero-order chi connectivity index (χ0) is 10.7. The Morgan fingerprint density at radius 3 is 2.71 bits per heavy atom. The van der Waals surface area contributed by atoms with Gasteiger partial charge >= 0.3 is 0 Å². The second-order valence-electron chi connectivity index (χ2n) is 2.48. The van der Waals surface area contributed by atoms with Gasteiger partial charge in [-0.05, 0) is 40.8 Å². The van der Waals surface area contributed by atoms with E-state index in [-0.39, 0.29) is 10.8 Å². The molecule has 1 aromatic rings. The van der Waals surface area contributed by atoms with E-state index in [1.165, 1.54) is 18.2 Å². The fraction of sp³-hybridized carbons (Fsp3) is 0. The molecule has 0 atom stereocenters. The molecule has 2 nitrogen and oxygen atoms in total. The van der Waals surface area contributed by atoms with Crippen LogP contribution in [-0.2, 0) is 4.79 Å². The first kappa shape index (κ1) is 11.5. The second kappa shape index (κ2) is 4.75. The number of hydrogen-bond acceptors (Lipinski definition) is 1. The Morgan fingerprint density at radius 2 is 2.21 bits per heavy atom. The highest BCUT2D eigenvalue weighted by molar-refractivity contribution is 14.1. The van der Waals surface area contributed by atoms with Crippen molar-refractivity contribution in [3.8, 4) is 0 Å². The summed E-state index contributed by atoms with van der Waals surface area (Å²) in [5, 5.41) is 2.39. The van der Waals surface area contributed by atoms with Crippen LogP contribution in [0, 0.1) is 9.39 Å². The van der Waals surface area contributed by atoms with Gasteiger partial charge in [0.15, 0.2) is 0 Å². The summed E-state index contributed by atoms with van der Waals surface area (Å²) in [6.45, 7) is 3.28. The van der Waals surface area contributed by atoms with Crippen LogP contribution in [0.15, 0.2) is 29.8 Å². The van der Waals surface area contributed by atoms with E-state index >= 15 is 0 Å². The fourth-order valence-corrected chi connectivity index (χ4v) is 1.44. The van der Waals surface area contributed by atoms with E-state index in [1.54, 1.807) is 0 Å². The normalized spacial score (nSPS) is 9.64. The lowest BCUT2D eigenvalue weighted by Crippen LogP contribution is -2.11. The number of nitrogens with one attached hydrogen (secondary N) is 1. The largest absolute Gasteiger partial charge is 0.320 e. The van der Waals surface area contributed by atoms with Crippen molar-refractivity contribution in [2.45, 2.75) is 0 Å². The minimum absolute atomic E-state index is 0.106. The molecule has 1 N–H and O–H groups in total. The highest BCUT2D eigenvalue weighted by Crippen LogP contribution is 2.19. The molecule has 0 aliphatic heterocycles. The zero-order valence-electron chi connectivity index (χ0n) is 6.98. The van der Waals surface area contributed by atoms with Gasteiger partial charge in [-0.15, -0.1) is 0 Å². The first-order chi connectivity index (χ1) is 6.50. The lowest BCUT2D eigenvalue weighted by atomic mass is 10.3. The predicted molar refractivity (Wildman–Crippen MR) is 62.7 cm³/mol. The molecule has 1 rings (SSSR count). The van der Waals surface area contributed by atoms with Gasteiger partial charge in [0, 0.05) is 3.57 Å². The Hall–Kier alpha value is -0.620. The molecule has 0 radical (unpaired) electrons. The van der Waals surface area contributed by atoms with E-state index in [0.29, 0.717) is 9.26 Å². The van der Waals surface area contributed by atoms with E-state index in [9.17, 15) is 9.18 Å². The molecular formula is C9H6ClFINO. The molecule has 0 aliphatic carbocycles. The Labute approximate surface area is 99.3 Å². The van der Waals surface area contributed by atoms with Crippen molar-refractivity contribution in [1.29, 1.82) is 0 Å². The first-order valence-electron chi connectivity index (χ1n) is 3.61. The third-order valence-corrected chi connectivity index (χ3v) is 2.49. The van der Waals surface area contributed by atoms with Crippen molar-refractivity contribution in [2.75, 3.05) is 5.32 Å². The number of rotatable bonds is 2. The van der Waals surface area contributed by atoms with E-state index in [0.717, 1.165) is 0 Å². The van der Waals surface area contributed by atoms with Gasteiger partial charge in [0.1, 0.15) is 5.82 Å². The highest BCUT2D eigenvalue weighted by atomic mass is 127. The van der Waals surface area contributed by atoms with Crippen molar-refractivity contribution in [3.63, 3.8) is 0 Å². The summed E-state index contributed by atoms with van der Waals surface area (Å²) in [4.78, 5) is 11.1. The third kappa shape index (κ3) is 2.95. The molecule has 0 aliphatic rings. The molecule has 0 saturated heterocycles. The van der Waals surface area contributed by atoms with Gasteiger partial charge in [-0.25, -0.2) is 4.39 Å². The average Bonchev–Trinajstić information content (AvgIpc) is 2.09. The topological polar surface area (TPSA) is 29.1 Å². The smallest absolute Gasteiger partial charge is 0.266 e. The maximum atomic E-state index is 12.7. The van der Waals surface area contributed by atoms with Gasteiger partial charge in [-0.3, -0.25) is 4.79 Å². The molecule has 74 valence electrons. The van der Waals surface area contributed by atoms with E-state index in [4.69, 9.17) is 11.6 Å². The Morgan fingerprint density at radius 1 is 1.57 bits per heavy atom. The Kier molecular flexibility index (Phi) is 3.88. The SMILES string of the molecule is C=C(Cl)C(=O)Nc1ccc(F)cc1I. The van der Waals surface area contributed by atoms with Crippen LogP contribution in [0.1, 0.15) is 0 Å². The summed E-state index contributed by atoms with van der Waals surface area (Å²) in [6, 6.07) is 4.04. The van der Waals surface area contributed by atoms with E-state index < -0.39 is 5.91 Å². The van der Waals surface area contributed by atoms with Gasteiger partial charge in [-0.2, -0.15) is 0 Å². The van der Waals surface area contributed by atoms with Crippen LogP contribution >= 0.6 is 34.2 Å². The van der Waals surface area contributed by atoms with Crippen LogP contribution in [-0.4, -0.2) is 5.91 Å². The average molecular weight is 326 g/mol. The van der Waals surface area contributed by atoms with E-state index in [2.05, 4.69) is 11.9 Å². The summed E-state index contributed by atoms with van der Waals surface area (Å²) in [5.74, 6) is -0.840. The maximum Gasteiger partial charge on any atom is 0.266 e. The van der Waals surface area contributed by atoms with Gasteiger partial charge < -0.3 is 5.32 Å². The van der Waals surface area contributed by atoms with E-state index in [1.807, 2.05) is 22.6 Å². The number of amides is 1. The summed E-state index contributed by atoms with van der Waals surface area (Å²) in [5.41, 5.74) is 0.513. The molecule has 0 heterocycles. The lowest BCUT2D eigenvalue weighted by Gasteiger charge is -2.05. The minimum atomic E-state index is -0.490. The minimum Gasteiger partial charge on any atom is -0.320 e. The fourth-order valence-electron chi connectivity index (χ4n) is 0.781. The van der Waals surface area contributed by atoms with Crippen LogP contribution in [0.2, 0.25) is 0 Å². The molecule has 5 heteroatoms. The van der Waals surface area contributed by atoms with Gasteiger partial charge in [0.25, 0.3) is 5.91 Å². The van der Waals surface area contributed by atoms with Crippen LogP contribution in [0.5, 0.6) is 0 Å². The molecule has 0 bridgehead atoms. The van der Waals surface area contributed by atoms with Crippen molar-refractivity contribution in [2.24, 2.45) is 0 Å². The molecule has 0 unspecified atom stereocenters. The zero-order valence-corrected chi connectivity index (χ0v) is 9.89. The molecule has 0 aromatic heterocycles. The quantitative estimate of drug-likeness (QED) is 0.657. The molecule has 1 amide bonds. The number of benzene rings is 1. The van der Waals surface area contributed by atoms with Crippen molar-refractivity contribution in [1.82, 2.24) is 0 Å². The van der Waals surface area contributed by atoms with Gasteiger partial charge in [0.05, 0.1) is 10.7 Å². The van der Waals surface area contributed by atoms with Gasteiger partial charge in [0.2, 0.25) is 0 Å². The highest BCUT2D eigenvalue weighted by Gasteiger charge is 2.07. The van der Waals surface area contributed by atoms with Gasteiger partial charge in [-0.1, -0.05) is 18.2 Å². The van der Waals surface area contributed by atoms with Crippen LogP contribution in [0.4, 0.5) is 10.1 Å². The molecule has 0 spiro atoms. The van der Waals surface area contributed by atoms with Crippen molar-refractivity contribution in [3.05, 3.63) is 39.2 Å². The molecule has 0 saturated carbocycles. The third-order valence-electron chi connectivity index (χ3n) is 1.43. The maximum absolute atomic E-state index is 12.7. The summed E-state index contributed by atoms with van der Waals surface area (Å²) in [6.07, 6.45) is 0. The lowest BCUT2D eigenvalue weighted by molar-refractivity contribution is -0.112. The number of halogens is 3. The molecule has 1 aromatic carbocycles. The van der Waals surface area contributed by atoms with Crippen molar-refractivity contribution < 1.29 is 9.18 Å². The standard InChI is InChI=1S/C9H6ClFINO/c1-5(10)9(14)13-8-3-2-6(11)4-7(8)12/h2-4H,1H2,(H,13,14). The van der Waals surface area contributed by atoms with Crippen LogP contribution in [0.25, 0.3) is 0 Å². The Bertz CT molecular complexity index is 394. The number of hydrogen-bond donors (Lipinski definition) is 1. The summed E-state index contributed by atoms with van der Waals surface area (Å²) >= 11 is 7.29. The monoisotopic (exact) mass is 325 g/mol. The first-order valence-corrected chi connectivity index (χ1v) is 5.07. The summed E-state index contributed by atoms with van der Waals surface area (Å²) < 4.78 is 13.3. The number of carbonyl (C=O) groups excluding carboxylic acids is 1. The molecular weight excluding hydrogens is 319 g/mol. The second-order valence-corrected chi connectivity index (χ2v) is 4.10. The number of carbonyl (C=O) groups is 1. The van der Waals surface area contributed by atoms with Crippen LogP contribution in [0.3, 0.4) is 0 Å². The molecule has 14 heavy (non-hydrogen) atoms. The number of anilines is 1. The summed E-state index contributed by atoms with van der Waals surface area (Å²) in [7, 11) is 0. The van der Waals surface area contributed by atoms with Crippen LogP contribution < -0.4 is 5.32 Å². The predicted octanol–water partition coefficient (Wildman–Crippen LogP) is 3.12. The Balaban J connectivity index is 2.87.